The molecule has 3 aliphatic carbocycles. The molecule has 332 valence electrons. The number of allylic oxidation sites excluding steroid dienone is 2. The zero-order valence-corrected chi connectivity index (χ0v) is 35.2. The minimum absolute atomic E-state index is 0.00778. The Kier molecular flexibility index (Phi) is 13.2. The van der Waals surface area contributed by atoms with Gasteiger partial charge in [0.05, 0.1) is 39.9 Å². The number of carbonyl (C=O) groups excluding carboxylic acids is 4. The average Bonchev–Trinajstić information content (AvgIpc) is 4.03. The molecule has 1 aliphatic heterocycles. The Morgan fingerprint density at radius 1 is 1.10 bits per heavy atom. The number of benzene rings is 1. The maximum absolute atomic E-state index is 14.7. The topological polar surface area (TPSA) is 210 Å². The summed E-state index contributed by atoms with van der Waals surface area (Å²) in [4.78, 5) is 65.8. The fourth-order valence-electron chi connectivity index (χ4n) is 8.08. The van der Waals surface area contributed by atoms with E-state index in [0.717, 1.165) is 17.7 Å². The van der Waals surface area contributed by atoms with Gasteiger partial charge in [-0.2, -0.15) is 5.26 Å². The van der Waals surface area contributed by atoms with Gasteiger partial charge in [-0.1, -0.05) is 32.9 Å². The van der Waals surface area contributed by atoms with Crippen molar-refractivity contribution in [2.45, 2.75) is 133 Å². The molecule has 3 saturated carbocycles. The number of nitriles is 1. The van der Waals surface area contributed by atoms with Gasteiger partial charge in [0, 0.05) is 6.42 Å². The van der Waals surface area contributed by atoms with Crippen molar-refractivity contribution in [2.24, 2.45) is 17.3 Å². The van der Waals surface area contributed by atoms with E-state index in [-0.39, 0.29) is 59.9 Å². The molecule has 0 bridgehead atoms. The predicted octanol–water partition coefficient (Wildman–Crippen LogP) is 5.07. The third-order valence-electron chi connectivity index (χ3n) is 12.2. The van der Waals surface area contributed by atoms with Crippen LogP contribution in [-0.4, -0.2) is 101 Å². The monoisotopic (exact) mass is 877 g/mol. The lowest BCUT2D eigenvalue weighted by Crippen LogP contribution is -2.60. The lowest BCUT2D eigenvalue weighted by atomic mass is 9.85. The number of hydrogen-bond donors (Lipinski definition) is 3. The summed E-state index contributed by atoms with van der Waals surface area (Å²) in [5.41, 5.74) is -2.87. The van der Waals surface area contributed by atoms with Gasteiger partial charge in [0.25, 0.3) is 5.91 Å². The Morgan fingerprint density at radius 2 is 1.84 bits per heavy atom. The van der Waals surface area contributed by atoms with E-state index in [4.69, 9.17) is 9.47 Å². The second-order valence-electron chi connectivity index (χ2n) is 17.7. The number of sulfonamides is 1. The minimum atomic E-state index is -4.30. The van der Waals surface area contributed by atoms with Crippen molar-refractivity contribution in [3.8, 4) is 11.9 Å². The largest absolute Gasteiger partial charge is 0.471 e. The summed E-state index contributed by atoms with van der Waals surface area (Å²) >= 11 is 0. The van der Waals surface area contributed by atoms with Gasteiger partial charge in [0.2, 0.25) is 34.1 Å². The standard InChI is InChI=1S/C41H51F4N7O8S/c1-39(2,3)32(49-38(56)60-31-11-8-10-24(31)9-6-5-7-16-42)36(54)52-22-25(59-35-29(20-43)47-27-13-12-23(21-46)17-28(27)48-35)18-30(52)34(53)50-41(19-26(41)33(44)45)37(55)51-61(57,58)40(4)14-15-40/h5,7,12-13,17,24-26,30-33H,6,8-11,14-16,18-20,22H2,1-4H3,(H,49,56)(H,50,53)(H,51,55)/b7-5+/t24-,25-,26+,30+,31-,32-,41-/m1/s1. The Balaban J connectivity index is 1.28. The van der Waals surface area contributed by atoms with Gasteiger partial charge in [-0.3, -0.25) is 19.1 Å². The van der Waals surface area contributed by atoms with E-state index in [0.29, 0.717) is 19.3 Å². The van der Waals surface area contributed by atoms with Crippen LogP contribution in [0.15, 0.2) is 30.4 Å². The highest BCUT2D eigenvalue weighted by Gasteiger charge is 2.67. The van der Waals surface area contributed by atoms with Crippen molar-refractivity contribution < 1.29 is 54.6 Å². The van der Waals surface area contributed by atoms with Crippen LogP contribution in [-0.2, 0) is 35.8 Å². The fraction of sp³-hybridized carbons (Fsp3) is 0.634. The van der Waals surface area contributed by atoms with Crippen LogP contribution in [0.2, 0.25) is 0 Å². The first-order valence-corrected chi connectivity index (χ1v) is 21.8. The van der Waals surface area contributed by atoms with Crippen LogP contribution in [0.1, 0.15) is 96.7 Å². The zero-order chi connectivity index (χ0) is 44.5. The summed E-state index contributed by atoms with van der Waals surface area (Å²) in [6, 6.07) is 3.47. The minimum Gasteiger partial charge on any atom is -0.471 e. The molecule has 3 N–H and O–H groups in total. The number of alkyl carbamates (subject to hydrolysis) is 1. The van der Waals surface area contributed by atoms with E-state index >= 15 is 0 Å². The van der Waals surface area contributed by atoms with Gasteiger partial charge in [-0.05, 0) is 87.8 Å². The van der Waals surface area contributed by atoms with E-state index < -0.39 is 106 Å². The Morgan fingerprint density at radius 3 is 2.46 bits per heavy atom. The maximum atomic E-state index is 14.7. The number of fused-ring (bicyclic) bond motifs is 1. The normalized spacial score (nSPS) is 26.2. The highest BCUT2D eigenvalue weighted by atomic mass is 32.2. The van der Waals surface area contributed by atoms with Gasteiger partial charge in [-0.25, -0.2) is 40.7 Å². The van der Waals surface area contributed by atoms with E-state index in [1.807, 2.05) is 10.8 Å². The predicted molar refractivity (Wildman–Crippen MR) is 212 cm³/mol. The van der Waals surface area contributed by atoms with Crippen molar-refractivity contribution in [2.75, 3.05) is 13.2 Å². The van der Waals surface area contributed by atoms with Gasteiger partial charge >= 0.3 is 6.09 Å². The van der Waals surface area contributed by atoms with Crippen molar-refractivity contribution >= 4 is 44.9 Å². The Hall–Kier alpha value is -5.06. The molecule has 2 heterocycles. The molecule has 20 heteroatoms. The van der Waals surface area contributed by atoms with Crippen molar-refractivity contribution in [1.29, 1.82) is 5.26 Å². The van der Waals surface area contributed by atoms with E-state index in [9.17, 15) is 50.4 Å². The molecule has 7 atom stereocenters. The maximum Gasteiger partial charge on any atom is 0.408 e. The Labute approximate surface area is 351 Å². The second kappa shape index (κ2) is 17.7. The van der Waals surface area contributed by atoms with Crippen LogP contribution in [0.5, 0.6) is 5.88 Å². The third-order valence-corrected chi connectivity index (χ3v) is 14.3. The van der Waals surface area contributed by atoms with Crippen molar-refractivity contribution in [3.05, 3.63) is 41.6 Å². The van der Waals surface area contributed by atoms with Crippen LogP contribution in [0.4, 0.5) is 22.4 Å². The third kappa shape index (κ3) is 9.86. The number of ether oxygens (including phenoxy) is 2. The molecule has 4 aliphatic rings. The zero-order valence-electron chi connectivity index (χ0n) is 34.4. The molecule has 4 fully saturated rings. The molecule has 4 amide bonds. The van der Waals surface area contributed by atoms with Gasteiger partial charge in [-0.15, -0.1) is 0 Å². The number of carbonyl (C=O) groups is 4. The molecule has 6 rings (SSSR count). The van der Waals surface area contributed by atoms with Crippen LogP contribution >= 0.6 is 0 Å². The van der Waals surface area contributed by atoms with E-state index in [1.165, 1.54) is 31.2 Å². The first-order chi connectivity index (χ1) is 28.8. The molecule has 0 spiro atoms. The van der Waals surface area contributed by atoms with E-state index in [1.54, 1.807) is 26.8 Å². The van der Waals surface area contributed by atoms with Crippen molar-refractivity contribution in [1.82, 2.24) is 30.2 Å². The number of halogens is 4. The van der Waals surface area contributed by atoms with Crippen LogP contribution in [0, 0.1) is 28.6 Å². The smallest absolute Gasteiger partial charge is 0.408 e. The summed E-state index contributed by atoms with van der Waals surface area (Å²) in [6.07, 6.45) is 0.523. The molecular formula is C41H51F4N7O8S. The van der Waals surface area contributed by atoms with Crippen LogP contribution < -0.4 is 20.1 Å². The van der Waals surface area contributed by atoms with Crippen LogP contribution in [0.3, 0.4) is 0 Å². The number of likely N-dealkylation sites (tertiary alicyclic amines) is 1. The van der Waals surface area contributed by atoms with Gasteiger partial charge in [0.1, 0.15) is 48.9 Å². The lowest BCUT2D eigenvalue weighted by Gasteiger charge is -2.35. The number of hydrogen-bond acceptors (Lipinski definition) is 11. The molecule has 2 aromatic rings. The molecule has 1 aromatic carbocycles. The summed E-state index contributed by atoms with van der Waals surface area (Å²) < 4.78 is 93.9. The number of rotatable bonds is 16. The second-order valence-corrected chi connectivity index (χ2v) is 19.9. The molecule has 15 nitrogen and oxygen atoms in total. The average molecular weight is 878 g/mol. The summed E-state index contributed by atoms with van der Waals surface area (Å²) in [5, 5.41) is 14.4. The summed E-state index contributed by atoms with van der Waals surface area (Å²) in [6.45, 7) is 4.31. The first kappa shape index (κ1) is 45.5. The SMILES string of the molecule is CC(C)(C)[C@H](NC(=O)O[C@@H]1CCC[C@H]1CC/C=C/CF)C(=O)N1C[C@H](Oc2nc3cc(C#N)ccc3nc2CF)C[C@H]1C(=O)N[C@]1(C(=O)NS(=O)(=O)C2(C)CC2)C[C@H]1C(F)F. The molecular weight excluding hydrogens is 827 g/mol. The first-order valence-electron chi connectivity index (χ1n) is 20.3. The van der Waals surface area contributed by atoms with E-state index in [2.05, 4.69) is 20.6 Å². The van der Waals surface area contributed by atoms with Crippen molar-refractivity contribution in [3.63, 3.8) is 0 Å². The Bertz CT molecular complexity index is 2210. The highest BCUT2D eigenvalue weighted by molar-refractivity contribution is 7.91. The van der Waals surface area contributed by atoms with Gasteiger partial charge in [0.15, 0.2) is 0 Å². The summed E-state index contributed by atoms with van der Waals surface area (Å²) in [7, 11) is -4.30. The number of nitrogens with one attached hydrogen (secondary N) is 3. The number of aromatic nitrogens is 2. The number of alkyl halides is 4. The van der Waals surface area contributed by atoms with Gasteiger partial charge < -0.3 is 25.0 Å². The molecule has 1 saturated heterocycles. The lowest BCUT2D eigenvalue weighted by molar-refractivity contribution is -0.143. The molecule has 0 radical (unpaired) electrons. The van der Waals surface area contributed by atoms with Crippen LogP contribution in [0.25, 0.3) is 11.0 Å². The number of nitrogens with zero attached hydrogens (tertiary/aromatic N) is 4. The number of amides is 4. The fourth-order valence-corrected chi connectivity index (χ4v) is 9.39. The highest BCUT2D eigenvalue weighted by Crippen LogP contribution is 2.49. The molecule has 0 unspecified atom stereocenters. The summed E-state index contributed by atoms with van der Waals surface area (Å²) in [5.74, 6) is -5.24. The molecule has 1 aromatic heterocycles. The molecule has 61 heavy (non-hydrogen) atoms. The quantitative estimate of drug-likeness (QED) is 0.150.